The van der Waals surface area contributed by atoms with Crippen LogP contribution in [0.1, 0.15) is 44.9 Å². The Morgan fingerprint density at radius 2 is 1.93 bits per heavy atom. The molecule has 2 fully saturated rings. The van der Waals surface area contributed by atoms with E-state index in [1.807, 2.05) is 4.90 Å². The Morgan fingerprint density at radius 3 is 2.53 bits per heavy atom. The van der Waals surface area contributed by atoms with E-state index >= 15 is 0 Å². The van der Waals surface area contributed by atoms with Gasteiger partial charge in [0.2, 0.25) is 5.91 Å². The first-order valence-electron chi connectivity index (χ1n) is 6.21. The van der Waals surface area contributed by atoms with Gasteiger partial charge in [-0.2, -0.15) is 0 Å². The molecule has 1 unspecified atom stereocenters. The Labute approximate surface area is 91.5 Å². The second-order valence-electron chi connectivity index (χ2n) is 4.99. The van der Waals surface area contributed by atoms with Crippen LogP contribution >= 0.6 is 0 Å². The lowest BCUT2D eigenvalue weighted by Gasteiger charge is -2.23. The maximum atomic E-state index is 11.9. The van der Waals surface area contributed by atoms with Crippen LogP contribution in [0.2, 0.25) is 0 Å². The summed E-state index contributed by atoms with van der Waals surface area (Å²) in [6, 6.07) is 0. The van der Waals surface area contributed by atoms with Gasteiger partial charge in [-0.15, -0.1) is 0 Å². The minimum Gasteiger partial charge on any atom is -0.391 e. The number of amides is 1. The molecule has 15 heavy (non-hydrogen) atoms. The van der Waals surface area contributed by atoms with E-state index in [1.165, 1.54) is 32.1 Å². The van der Waals surface area contributed by atoms with Crippen molar-refractivity contribution in [2.75, 3.05) is 13.1 Å². The zero-order valence-electron chi connectivity index (χ0n) is 9.32. The molecule has 1 atom stereocenters. The number of hydrogen-bond acceptors (Lipinski definition) is 2. The maximum absolute atomic E-state index is 11.9. The predicted octanol–water partition coefficient (Wildman–Crippen LogP) is 1.55. The van der Waals surface area contributed by atoms with Gasteiger partial charge in [0.15, 0.2) is 0 Å². The fraction of sp³-hybridized carbons (Fsp3) is 0.917. The van der Waals surface area contributed by atoms with Gasteiger partial charge in [0.05, 0.1) is 6.10 Å². The van der Waals surface area contributed by atoms with E-state index in [9.17, 15) is 9.90 Å². The average Bonchev–Trinajstić information content (AvgIpc) is 2.66. The highest BCUT2D eigenvalue weighted by Crippen LogP contribution is 2.27. The Morgan fingerprint density at radius 1 is 1.20 bits per heavy atom. The molecule has 1 saturated heterocycles. The van der Waals surface area contributed by atoms with Gasteiger partial charge in [-0.3, -0.25) is 4.79 Å². The van der Waals surface area contributed by atoms with E-state index in [0.29, 0.717) is 18.9 Å². The summed E-state index contributed by atoms with van der Waals surface area (Å²) in [6.07, 6.45) is 7.57. The third kappa shape index (κ3) is 2.94. The first-order chi connectivity index (χ1) is 7.25. The van der Waals surface area contributed by atoms with Crippen LogP contribution in [0.5, 0.6) is 0 Å². The second-order valence-corrected chi connectivity index (χ2v) is 4.99. The third-order valence-corrected chi connectivity index (χ3v) is 3.70. The summed E-state index contributed by atoms with van der Waals surface area (Å²) < 4.78 is 0. The molecule has 0 spiro atoms. The van der Waals surface area contributed by atoms with E-state index in [-0.39, 0.29) is 12.0 Å². The van der Waals surface area contributed by atoms with Gasteiger partial charge < -0.3 is 10.0 Å². The molecule has 86 valence electrons. The lowest BCUT2D eigenvalue weighted by Crippen LogP contribution is -2.31. The zero-order valence-corrected chi connectivity index (χ0v) is 9.32. The molecule has 0 aromatic rings. The van der Waals surface area contributed by atoms with Crippen LogP contribution in [-0.4, -0.2) is 35.1 Å². The molecule has 1 N–H and O–H groups in total. The number of aliphatic hydroxyl groups is 1. The van der Waals surface area contributed by atoms with Crippen molar-refractivity contribution in [2.24, 2.45) is 5.92 Å². The van der Waals surface area contributed by atoms with Gasteiger partial charge in [-0.25, -0.2) is 0 Å². The lowest BCUT2D eigenvalue weighted by molar-refractivity contribution is -0.131. The molecular formula is C12H21NO2. The molecule has 0 bridgehead atoms. The molecule has 1 amide bonds. The van der Waals surface area contributed by atoms with Crippen molar-refractivity contribution in [3.05, 3.63) is 0 Å². The first-order valence-corrected chi connectivity index (χ1v) is 6.21. The maximum Gasteiger partial charge on any atom is 0.222 e. The van der Waals surface area contributed by atoms with Gasteiger partial charge >= 0.3 is 0 Å². The SMILES string of the molecule is O=C(CC1CCCCC1)N1CCC(O)C1. The highest BCUT2D eigenvalue weighted by atomic mass is 16.3. The number of carbonyl (C=O) groups excluding carboxylic acids is 1. The quantitative estimate of drug-likeness (QED) is 0.753. The predicted molar refractivity (Wildman–Crippen MR) is 58.4 cm³/mol. The molecule has 2 aliphatic rings. The molecule has 3 heteroatoms. The minimum absolute atomic E-state index is 0.262. The van der Waals surface area contributed by atoms with Crippen LogP contribution in [0.15, 0.2) is 0 Å². The van der Waals surface area contributed by atoms with Gasteiger partial charge in [0.25, 0.3) is 0 Å². The highest BCUT2D eigenvalue weighted by Gasteiger charge is 2.26. The molecule has 1 heterocycles. The van der Waals surface area contributed by atoms with Crippen molar-refractivity contribution < 1.29 is 9.90 Å². The third-order valence-electron chi connectivity index (χ3n) is 3.70. The Kier molecular flexibility index (Phi) is 3.62. The number of hydrogen-bond donors (Lipinski definition) is 1. The topological polar surface area (TPSA) is 40.5 Å². The van der Waals surface area contributed by atoms with E-state index in [2.05, 4.69) is 0 Å². The fourth-order valence-electron chi connectivity index (χ4n) is 2.74. The smallest absolute Gasteiger partial charge is 0.222 e. The standard InChI is InChI=1S/C12H21NO2/c14-11-6-7-13(9-11)12(15)8-10-4-2-1-3-5-10/h10-11,14H,1-9H2. The molecule has 0 aromatic heterocycles. The number of carbonyl (C=O) groups is 1. The van der Waals surface area contributed by atoms with E-state index in [1.54, 1.807) is 0 Å². The molecule has 0 aromatic carbocycles. The van der Waals surface area contributed by atoms with Gasteiger partial charge in [-0.05, 0) is 25.2 Å². The minimum atomic E-state index is -0.277. The summed E-state index contributed by atoms with van der Waals surface area (Å²) in [4.78, 5) is 13.7. The summed E-state index contributed by atoms with van der Waals surface area (Å²) in [5.41, 5.74) is 0. The Balaban J connectivity index is 1.76. The monoisotopic (exact) mass is 211 g/mol. The summed E-state index contributed by atoms with van der Waals surface area (Å²) in [7, 11) is 0. The first kappa shape index (κ1) is 10.9. The number of nitrogens with zero attached hydrogens (tertiary/aromatic N) is 1. The number of rotatable bonds is 2. The summed E-state index contributed by atoms with van der Waals surface area (Å²) in [5, 5.41) is 9.36. The van der Waals surface area contributed by atoms with Crippen LogP contribution in [-0.2, 0) is 4.79 Å². The molecular weight excluding hydrogens is 190 g/mol. The van der Waals surface area contributed by atoms with Crippen molar-refractivity contribution >= 4 is 5.91 Å². The Hall–Kier alpha value is -0.570. The molecule has 1 aliphatic carbocycles. The number of β-amino-alcohol motifs (C(OH)–C–C–N with tert-alkyl or cyclic N) is 1. The van der Waals surface area contributed by atoms with E-state index < -0.39 is 0 Å². The highest BCUT2D eigenvalue weighted by molar-refractivity contribution is 5.76. The summed E-state index contributed by atoms with van der Waals surface area (Å²) >= 11 is 0. The normalized spacial score (nSPS) is 28.3. The van der Waals surface area contributed by atoms with Crippen LogP contribution in [0.3, 0.4) is 0 Å². The fourth-order valence-corrected chi connectivity index (χ4v) is 2.74. The average molecular weight is 211 g/mol. The van der Waals surface area contributed by atoms with E-state index in [4.69, 9.17) is 0 Å². The van der Waals surface area contributed by atoms with Gasteiger partial charge in [0, 0.05) is 19.5 Å². The van der Waals surface area contributed by atoms with Crippen LogP contribution in [0, 0.1) is 5.92 Å². The van der Waals surface area contributed by atoms with Gasteiger partial charge in [0.1, 0.15) is 0 Å². The van der Waals surface area contributed by atoms with Crippen LogP contribution < -0.4 is 0 Å². The number of aliphatic hydroxyl groups excluding tert-OH is 1. The van der Waals surface area contributed by atoms with Crippen molar-refractivity contribution in [3.63, 3.8) is 0 Å². The van der Waals surface area contributed by atoms with Crippen LogP contribution in [0.4, 0.5) is 0 Å². The molecule has 2 rings (SSSR count). The van der Waals surface area contributed by atoms with Crippen molar-refractivity contribution in [1.82, 2.24) is 4.90 Å². The lowest BCUT2D eigenvalue weighted by atomic mass is 9.87. The van der Waals surface area contributed by atoms with Crippen molar-refractivity contribution in [3.8, 4) is 0 Å². The van der Waals surface area contributed by atoms with Crippen molar-refractivity contribution in [2.45, 2.75) is 51.0 Å². The largest absolute Gasteiger partial charge is 0.391 e. The van der Waals surface area contributed by atoms with Crippen LogP contribution in [0.25, 0.3) is 0 Å². The molecule has 0 radical (unpaired) electrons. The molecule has 1 aliphatic heterocycles. The summed E-state index contributed by atoms with van der Waals surface area (Å²) in [6.45, 7) is 1.32. The molecule has 3 nitrogen and oxygen atoms in total. The zero-order chi connectivity index (χ0) is 10.7. The van der Waals surface area contributed by atoms with Gasteiger partial charge in [-0.1, -0.05) is 19.3 Å². The molecule has 1 saturated carbocycles. The van der Waals surface area contributed by atoms with Crippen molar-refractivity contribution in [1.29, 1.82) is 0 Å². The second kappa shape index (κ2) is 4.97. The summed E-state index contributed by atoms with van der Waals surface area (Å²) in [5.74, 6) is 0.877. The van der Waals surface area contributed by atoms with E-state index in [0.717, 1.165) is 13.0 Å². The number of likely N-dealkylation sites (tertiary alicyclic amines) is 1. The Bertz CT molecular complexity index is 224.